The number of carbonyl (C=O) groups is 2. The number of hydrogen-bond acceptors (Lipinski definition) is 4. The maximum atomic E-state index is 11.5. The molecule has 1 rings (SSSR count). The van der Waals surface area contributed by atoms with E-state index < -0.39 is 11.8 Å². The summed E-state index contributed by atoms with van der Waals surface area (Å²) in [4.78, 5) is 22.6. The Morgan fingerprint density at radius 3 is 2.53 bits per heavy atom. The summed E-state index contributed by atoms with van der Waals surface area (Å²) in [5, 5.41) is 0. The van der Waals surface area contributed by atoms with Gasteiger partial charge in [-0.05, 0) is 19.1 Å². The van der Waals surface area contributed by atoms with E-state index in [0.717, 1.165) is 0 Å². The average molecular weight is 208 g/mol. The van der Waals surface area contributed by atoms with Crippen molar-refractivity contribution in [2.75, 3.05) is 13.7 Å². The molecule has 0 radical (unpaired) electrons. The molecule has 0 aliphatic rings. The Balaban J connectivity index is 3.02. The van der Waals surface area contributed by atoms with Crippen LogP contribution < -0.4 is 4.74 Å². The summed E-state index contributed by atoms with van der Waals surface area (Å²) in [7, 11) is 1.17. The molecule has 0 heterocycles. The number of hydrogen-bond donors (Lipinski definition) is 0. The highest BCUT2D eigenvalue weighted by atomic mass is 16.5. The van der Waals surface area contributed by atoms with Gasteiger partial charge in [0.2, 0.25) is 0 Å². The Labute approximate surface area is 87.8 Å². The Morgan fingerprint density at radius 2 is 1.93 bits per heavy atom. The predicted molar refractivity (Wildman–Crippen MR) is 54.0 cm³/mol. The Kier molecular flexibility index (Phi) is 3.85. The lowest BCUT2D eigenvalue weighted by atomic mass is 10.1. The van der Waals surface area contributed by atoms with Gasteiger partial charge in [0, 0.05) is 0 Å². The number of methoxy groups -OCH3 is 1. The molecule has 0 N–H and O–H groups in total. The fourth-order valence-corrected chi connectivity index (χ4v) is 1.14. The molecule has 0 aromatic heterocycles. The lowest BCUT2D eigenvalue weighted by Gasteiger charge is -2.07. The lowest BCUT2D eigenvalue weighted by Crippen LogP contribution is -2.16. The number of Topliss-reactive ketones (excluding diaryl/α,β-unsaturated/α-hetero) is 1. The number of benzene rings is 1. The number of ketones is 1. The summed E-state index contributed by atoms with van der Waals surface area (Å²) < 4.78 is 9.58. The average Bonchev–Trinajstić information content (AvgIpc) is 2.28. The second kappa shape index (κ2) is 5.14. The maximum absolute atomic E-state index is 11.5. The van der Waals surface area contributed by atoms with Crippen LogP contribution in [0, 0.1) is 0 Å². The topological polar surface area (TPSA) is 52.6 Å². The van der Waals surface area contributed by atoms with E-state index in [1.54, 1.807) is 25.1 Å². The Morgan fingerprint density at radius 1 is 1.27 bits per heavy atom. The Bertz CT molecular complexity index is 371. The number of ether oxygens (including phenoxy) is 2. The number of para-hydroxylation sites is 1. The van der Waals surface area contributed by atoms with Gasteiger partial charge < -0.3 is 9.47 Å². The van der Waals surface area contributed by atoms with Crippen LogP contribution in [-0.4, -0.2) is 25.5 Å². The first kappa shape index (κ1) is 11.2. The summed E-state index contributed by atoms with van der Waals surface area (Å²) in [6.07, 6.45) is 0. The highest BCUT2D eigenvalue weighted by Gasteiger charge is 2.20. The number of rotatable bonds is 4. The molecular formula is C11H12O4. The zero-order valence-corrected chi connectivity index (χ0v) is 8.65. The van der Waals surface area contributed by atoms with Gasteiger partial charge in [-0.3, -0.25) is 4.79 Å². The molecule has 0 fully saturated rings. The van der Waals surface area contributed by atoms with Crippen molar-refractivity contribution in [3.8, 4) is 5.75 Å². The van der Waals surface area contributed by atoms with Gasteiger partial charge in [0.25, 0.3) is 5.78 Å². The first-order valence-electron chi connectivity index (χ1n) is 4.55. The molecule has 0 bridgehead atoms. The molecule has 0 aliphatic heterocycles. The van der Waals surface area contributed by atoms with Crippen LogP contribution in [0.4, 0.5) is 0 Å². The minimum atomic E-state index is -0.887. The second-order valence-corrected chi connectivity index (χ2v) is 2.75. The van der Waals surface area contributed by atoms with Gasteiger partial charge >= 0.3 is 5.97 Å². The molecule has 0 spiro atoms. The van der Waals surface area contributed by atoms with E-state index in [2.05, 4.69) is 4.74 Å². The van der Waals surface area contributed by atoms with Crippen molar-refractivity contribution in [2.45, 2.75) is 6.92 Å². The van der Waals surface area contributed by atoms with Crippen molar-refractivity contribution >= 4 is 11.8 Å². The van der Waals surface area contributed by atoms with Crippen molar-refractivity contribution in [3.63, 3.8) is 0 Å². The number of carbonyl (C=O) groups excluding carboxylic acids is 2. The van der Waals surface area contributed by atoms with E-state index in [1.165, 1.54) is 13.2 Å². The van der Waals surface area contributed by atoms with Crippen molar-refractivity contribution in [2.24, 2.45) is 0 Å². The first-order chi connectivity index (χ1) is 7.20. The van der Waals surface area contributed by atoms with E-state index in [4.69, 9.17) is 4.74 Å². The van der Waals surface area contributed by atoms with Crippen LogP contribution in [0.1, 0.15) is 17.3 Å². The van der Waals surface area contributed by atoms with E-state index in [-0.39, 0.29) is 5.56 Å². The third-order valence-electron chi connectivity index (χ3n) is 1.80. The van der Waals surface area contributed by atoms with E-state index in [9.17, 15) is 9.59 Å². The van der Waals surface area contributed by atoms with E-state index >= 15 is 0 Å². The highest BCUT2D eigenvalue weighted by molar-refractivity contribution is 6.41. The number of esters is 1. The smallest absolute Gasteiger partial charge is 0.379 e. The third-order valence-corrected chi connectivity index (χ3v) is 1.80. The van der Waals surface area contributed by atoms with Crippen LogP contribution >= 0.6 is 0 Å². The first-order valence-corrected chi connectivity index (χ1v) is 4.55. The van der Waals surface area contributed by atoms with E-state index in [0.29, 0.717) is 12.4 Å². The van der Waals surface area contributed by atoms with Crippen LogP contribution in [0.3, 0.4) is 0 Å². The van der Waals surface area contributed by atoms with Gasteiger partial charge in [-0.15, -0.1) is 0 Å². The standard InChI is InChI=1S/C11H12O4/c1-3-15-9-7-5-4-6-8(9)10(12)11(13)14-2/h4-7H,3H2,1-2H3. The van der Waals surface area contributed by atoms with Crippen molar-refractivity contribution in [1.29, 1.82) is 0 Å². The molecule has 0 saturated carbocycles. The van der Waals surface area contributed by atoms with Crippen LogP contribution in [0.15, 0.2) is 24.3 Å². The fraction of sp³-hybridized carbons (Fsp3) is 0.273. The zero-order valence-electron chi connectivity index (χ0n) is 8.65. The quantitative estimate of drug-likeness (QED) is 0.427. The van der Waals surface area contributed by atoms with Crippen molar-refractivity contribution in [3.05, 3.63) is 29.8 Å². The van der Waals surface area contributed by atoms with Gasteiger partial charge in [0.1, 0.15) is 5.75 Å². The molecule has 0 atom stereocenters. The summed E-state index contributed by atoms with van der Waals surface area (Å²) in [6.45, 7) is 2.24. The highest BCUT2D eigenvalue weighted by Crippen LogP contribution is 2.18. The summed E-state index contributed by atoms with van der Waals surface area (Å²) in [6, 6.07) is 6.57. The van der Waals surface area contributed by atoms with Crippen LogP contribution in [0.5, 0.6) is 5.75 Å². The van der Waals surface area contributed by atoms with Crippen molar-refractivity contribution in [1.82, 2.24) is 0 Å². The van der Waals surface area contributed by atoms with Gasteiger partial charge in [-0.2, -0.15) is 0 Å². The third kappa shape index (κ3) is 2.56. The summed E-state index contributed by atoms with van der Waals surface area (Å²) >= 11 is 0. The van der Waals surface area contributed by atoms with Crippen LogP contribution in [0.25, 0.3) is 0 Å². The molecule has 0 unspecified atom stereocenters. The monoisotopic (exact) mass is 208 g/mol. The second-order valence-electron chi connectivity index (χ2n) is 2.75. The molecule has 4 nitrogen and oxygen atoms in total. The summed E-state index contributed by atoms with van der Waals surface area (Å²) in [5.74, 6) is -1.18. The normalized spacial score (nSPS) is 9.47. The molecule has 0 aliphatic carbocycles. The molecule has 1 aromatic carbocycles. The van der Waals surface area contributed by atoms with Gasteiger partial charge in [-0.25, -0.2) is 4.79 Å². The molecule has 4 heteroatoms. The minimum absolute atomic E-state index is 0.228. The minimum Gasteiger partial charge on any atom is -0.493 e. The summed E-state index contributed by atoms with van der Waals surface area (Å²) in [5.41, 5.74) is 0.228. The molecule has 0 saturated heterocycles. The lowest BCUT2D eigenvalue weighted by molar-refractivity contribution is -0.135. The Hall–Kier alpha value is -1.84. The molecule has 15 heavy (non-hydrogen) atoms. The predicted octanol–water partition coefficient (Wildman–Crippen LogP) is 1.44. The zero-order chi connectivity index (χ0) is 11.3. The maximum Gasteiger partial charge on any atom is 0.379 e. The molecule has 0 amide bonds. The molecular weight excluding hydrogens is 196 g/mol. The van der Waals surface area contributed by atoms with Gasteiger partial charge in [-0.1, -0.05) is 12.1 Å². The van der Waals surface area contributed by atoms with Gasteiger partial charge in [0.15, 0.2) is 0 Å². The van der Waals surface area contributed by atoms with Crippen LogP contribution in [0.2, 0.25) is 0 Å². The molecule has 1 aromatic rings. The SMILES string of the molecule is CCOc1ccccc1C(=O)C(=O)OC. The fourth-order valence-electron chi connectivity index (χ4n) is 1.14. The molecule has 80 valence electrons. The largest absolute Gasteiger partial charge is 0.493 e. The van der Waals surface area contributed by atoms with Gasteiger partial charge in [0.05, 0.1) is 19.3 Å². The van der Waals surface area contributed by atoms with E-state index in [1.807, 2.05) is 0 Å². The van der Waals surface area contributed by atoms with Crippen molar-refractivity contribution < 1.29 is 19.1 Å². The van der Waals surface area contributed by atoms with Crippen LogP contribution in [-0.2, 0) is 9.53 Å².